The van der Waals surface area contributed by atoms with E-state index in [1.54, 1.807) is 7.05 Å². The van der Waals surface area contributed by atoms with Gasteiger partial charge in [-0.2, -0.15) is 0 Å². The molecule has 0 saturated heterocycles. The Balaban J connectivity index is 3.77. The smallest absolute Gasteiger partial charge is 0.223 e. The molecule has 0 rings (SSSR count). The maximum atomic E-state index is 11.3. The second kappa shape index (κ2) is 7.36. The summed E-state index contributed by atoms with van der Waals surface area (Å²) in [5.41, 5.74) is 0. The molecule has 0 aromatic rings. The molecule has 0 heterocycles. The average Bonchev–Trinajstić information content (AvgIpc) is 2.14. The topological polar surface area (TPSA) is 49.8 Å². The van der Waals surface area contributed by atoms with Gasteiger partial charge in [0.2, 0.25) is 5.91 Å². The molecule has 14 heavy (non-hydrogen) atoms. The summed E-state index contributed by atoms with van der Waals surface area (Å²) in [6.07, 6.45) is 5.16. The number of hydrogen-bond acceptors (Lipinski definition) is 3. The van der Waals surface area contributed by atoms with E-state index in [9.17, 15) is 9.90 Å². The highest BCUT2D eigenvalue weighted by molar-refractivity contribution is 5.76. The number of terminal acetylenes is 1. The van der Waals surface area contributed by atoms with E-state index < -0.39 is 6.10 Å². The van der Waals surface area contributed by atoms with Crippen molar-refractivity contribution >= 4 is 5.91 Å². The number of amides is 1. The van der Waals surface area contributed by atoms with Gasteiger partial charge in [-0.3, -0.25) is 4.79 Å². The van der Waals surface area contributed by atoms with Crippen LogP contribution in [0.2, 0.25) is 0 Å². The number of aliphatic hydroxyl groups is 1. The third kappa shape index (κ3) is 5.57. The maximum absolute atomic E-state index is 11.3. The standard InChI is InChI=1S/C10H17NO3/c1-4-5-6-10(13)11(2)7-9(12)8-14-3/h1,9,12H,5-8H2,2-3H3. The third-order valence-corrected chi connectivity index (χ3v) is 1.75. The average molecular weight is 199 g/mol. The number of likely N-dealkylation sites (N-methyl/N-ethyl adjacent to an activating group) is 1. The monoisotopic (exact) mass is 199 g/mol. The number of aliphatic hydroxyl groups excluding tert-OH is 1. The third-order valence-electron chi connectivity index (χ3n) is 1.75. The summed E-state index contributed by atoms with van der Waals surface area (Å²) in [7, 11) is 3.14. The van der Waals surface area contributed by atoms with Crippen LogP contribution >= 0.6 is 0 Å². The molecule has 1 amide bonds. The van der Waals surface area contributed by atoms with Crippen LogP contribution in [0.5, 0.6) is 0 Å². The Morgan fingerprint density at radius 3 is 2.86 bits per heavy atom. The van der Waals surface area contributed by atoms with Crippen LogP contribution in [0.1, 0.15) is 12.8 Å². The quantitative estimate of drug-likeness (QED) is 0.606. The zero-order valence-corrected chi connectivity index (χ0v) is 8.69. The van der Waals surface area contributed by atoms with Crippen molar-refractivity contribution in [3.05, 3.63) is 0 Å². The van der Waals surface area contributed by atoms with Gasteiger partial charge in [0.25, 0.3) is 0 Å². The molecule has 1 atom stereocenters. The van der Waals surface area contributed by atoms with Gasteiger partial charge in [-0.25, -0.2) is 0 Å². The van der Waals surface area contributed by atoms with E-state index in [0.717, 1.165) is 0 Å². The molecule has 0 aliphatic heterocycles. The van der Waals surface area contributed by atoms with Crippen molar-refractivity contribution in [3.63, 3.8) is 0 Å². The highest BCUT2D eigenvalue weighted by atomic mass is 16.5. The predicted octanol–water partition coefficient (Wildman–Crippen LogP) is -0.135. The molecular formula is C10H17NO3. The molecule has 0 aromatic carbocycles. The van der Waals surface area contributed by atoms with Gasteiger partial charge in [0.1, 0.15) is 0 Å². The summed E-state index contributed by atoms with van der Waals surface area (Å²) < 4.78 is 4.75. The van der Waals surface area contributed by atoms with Crippen LogP contribution in [0.4, 0.5) is 0 Å². The summed E-state index contributed by atoms with van der Waals surface area (Å²) >= 11 is 0. The van der Waals surface area contributed by atoms with Crippen LogP contribution in [0, 0.1) is 12.3 Å². The Kier molecular flexibility index (Phi) is 6.81. The largest absolute Gasteiger partial charge is 0.389 e. The lowest BCUT2D eigenvalue weighted by Crippen LogP contribution is -2.36. The van der Waals surface area contributed by atoms with Crippen LogP contribution < -0.4 is 0 Å². The molecule has 0 aliphatic rings. The molecule has 0 aromatic heterocycles. The Bertz CT molecular complexity index is 210. The minimum atomic E-state index is -0.639. The van der Waals surface area contributed by atoms with E-state index in [4.69, 9.17) is 11.2 Å². The molecule has 80 valence electrons. The summed E-state index contributed by atoms with van der Waals surface area (Å²) in [6, 6.07) is 0. The predicted molar refractivity (Wildman–Crippen MR) is 53.6 cm³/mol. The fourth-order valence-electron chi connectivity index (χ4n) is 1.03. The Morgan fingerprint density at radius 1 is 1.71 bits per heavy atom. The first kappa shape index (κ1) is 12.9. The number of methoxy groups -OCH3 is 1. The minimum absolute atomic E-state index is 0.0573. The molecule has 0 aliphatic carbocycles. The van der Waals surface area contributed by atoms with Crippen LogP contribution in [0.25, 0.3) is 0 Å². The van der Waals surface area contributed by atoms with Gasteiger partial charge in [0.15, 0.2) is 0 Å². The van der Waals surface area contributed by atoms with Crippen molar-refractivity contribution in [1.29, 1.82) is 0 Å². The van der Waals surface area contributed by atoms with Gasteiger partial charge in [-0.15, -0.1) is 12.3 Å². The number of carbonyl (C=O) groups is 1. The maximum Gasteiger partial charge on any atom is 0.223 e. The van der Waals surface area contributed by atoms with E-state index in [1.807, 2.05) is 0 Å². The number of carbonyl (C=O) groups excluding carboxylic acids is 1. The molecule has 0 spiro atoms. The second-order valence-electron chi connectivity index (χ2n) is 3.09. The van der Waals surface area contributed by atoms with E-state index in [1.165, 1.54) is 12.0 Å². The van der Waals surface area contributed by atoms with E-state index >= 15 is 0 Å². The van der Waals surface area contributed by atoms with Gasteiger partial charge in [0.05, 0.1) is 12.7 Å². The molecule has 0 radical (unpaired) electrons. The second-order valence-corrected chi connectivity index (χ2v) is 3.09. The SMILES string of the molecule is C#CCCC(=O)N(C)CC(O)COC. The molecule has 4 heteroatoms. The van der Waals surface area contributed by atoms with Crippen LogP contribution in [0.15, 0.2) is 0 Å². The molecule has 1 N–H and O–H groups in total. The van der Waals surface area contributed by atoms with Crippen molar-refractivity contribution in [2.45, 2.75) is 18.9 Å². The van der Waals surface area contributed by atoms with Crippen molar-refractivity contribution < 1.29 is 14.6 Å². The van der Waals surface area contributed by atoms with E-state index in [2.05, 4.69) is 5.92 Å². The molecule has 0 fully saturated rings. The van der Waals surface area contributed by atoms with Crippen molar-refractivity contribution in [2.24, 2.45) is 0 Å². The Hall–Kier alpha value is -1.05. The van der Waals surface area contributed by atoms with Crippen LogP contribution in [-0.4, -0.2) is 49.3 Å². The molecule has 1 unspecified atom stereocenters. The molecule has 4 nitrogen and oxygen atoms in total. The first-order valence-corrected chi connectivity index (χ1v) is 4.46. The summed E-state index contributed by atoms with van der Waals surface area (Å²) in [4.78, 5) is 12.8. The van der Waals surface area contributed by atoms with E-state index in [-0.39, 0.29) is 19.1 Å². The lowest BCUT2D eigenvalue weighted by molar-refractivity contribution is -0.131. The first-order valence-electron chi connectivity index (χ1n) is 4.46. The normalized spacial score (nSPS) is 11.9. The van der Waals surface area contributed by atoms with Crippen molar-refractivity contribution in [2.75, 3.05) is 27.3 Å². The molecule has 0 bridgehead atoms. The van der Waals surface area contributed by atoms with Gasteiger partial charge in [-0.05, 0) is 0 Å². The van der Waals surface area contributed by atoms with Crippen molar-refractivity contribution in [1.82, 2.24) is 4.90 Å². The van der Waals surface area contributed by atoms with Gasteiger partial charge >= 0.3 is 0 Å². The van der Waals surface area contributed by atoms with E-state index in [0.29, 0.717) is 12.8 Å². The number of hydrogen-bond donors (Lipinski definition) is 1. The van der Waals surface area contributed by atoms with Gasteiger partial charge < -0.3 is 14.7 Å². The van der Waals surface area contributed by atoms with Crippen LogP contribution in [-0.2, 0) is 9.53 Å². The van der Waals surface area contributed by atoms with Gasteiger partial charge in [0, 0.05) is 33.5 Å². The fourth-order valence-corrected chi connectivity index (χ4v) is 1.03. The fraction of sp³-hybridized carbons (Fsp3) is 0.700. The lowest BCUT2D eigenvalue weighted by Gasteiger charge is -2.19. The Labute approximate surface area is 84.9 Å². The summed E-state index contributed by atoms with van der Waals surface area (Å²) in [5, 5.41) is 9.33. The number of ether oxygens (including phenoxy) is 1. The van der Waals surface area contributed by atoms with Gasteiger partial charge in [-0.1, -0.05) is 0 Å². The summed E-state index contributed by atoms with van der Waals surface area (Å²) in [5.74, 6) is 2.34. The Morgan fingerprint density at radius 2 is 2.36 bits per heavy atom. The zero-order chi connectivity index (χ0) is 11.0. The minimum Gasteiger partial charge on any atom is -0.389 e. The summed E-state index contributed by atoms with van der Waals surface area (Å²) in [6.45, 7) is 0.504. The first-order chi connectivity index (χ1) is 6.61. The number of nitrogens with zero attached hydrogens (tertiary/aromatic N) is 1. The molecule has 0 saturated carbocycles. The highest BCUT2D eigenvalue weighted by Gasteiger charge is 2.12. The lowest BCUT2D eigenvalue weighted by atomic mass is 10.2. The number of rotatable bonds is 6. The zero-order valence-electron chi connectivity index (χ0n) is 8.69. The van der Waals surface area contributed by atoms with Crippen molar-refractivity contribution in [3.8, 4) is 12.3 Å². The van der Waals surface area contributed by atoms with Crippen LogP contribution in [0.3, 0.4) is 0 Å². The molecular weight excluding hydrogens is 182 g/mol. The highest BCUT2D eigenvalue weighted by Crippen LogP contribution is 1.96.